The predicted octanol–water partition coefficient (Wildman–Crippen LogP) is 2.71. The molecule has 0 saturated carbocycles. The van der Waals surface area contributed by atoms with Crippen molar-refractivity contribution in [3.63, 3.8) is 0 Å². The molecule has 0 saturated heterocycles. The number of hydrogen-bond donors (Lipinski definition) is 1. The molecule has 1 N–H and O–H groups in total. The Balaban J connectivity index is 2.33. The molecule has 0 fully saturated rings. The molecule has 0 aliphatic rings. The van der Waals surface area contributed by atoms with Crippen molar-refractivity contribution in [3.05, 3.63) is 55.3 Å². The van der Waals surface area contributed by atoms with Crippen molar-refractivity contribution in [1.82, 2.24) is 9.78 Å². The molecule has 0 unspecified atom stereocenters. The maximum atomic E-state index is 10.7. The van der Waals surface area contributed by atoms with E-state index in [0.717, 1.165) is 22.5 Å². The van der Waals surface area contributed by atoms with Crippen molar-refractivity contribution in [1.29, 1.82) is 0 Å². The zero-order valence-corrected chi connectivity index (χ0v) is 12.7. The Kier molecular flexibility index (Phi) is 4.20. The SMILES string of the molecule is Cc1nn(Cc2ccc([N+](=O)[O-])cc2Br)c(C)c1CO. The third-order valence-electron chi connectivity index (χ3n) is 3.26. The molecule has 0 aliphatic carbocycles. The standard InChI is InChI=1S/C13H14BrN3O3/c1-8-12(7-18)9(2)16(15-8)6-10-3-4-11(17(19)20)5-13(10)14/h3-5,18H,6-7H2,1-2H3. The van der Waals surface area contributed by atoms with Crippen LogP contribution in [0.3, 0.4) is 0 Å². The summed E-state index contributed by atoms with van der Waals surface area (Å²) in [6.07, 6.45) is 0. The second-order valence-electron chi connectivity index (χ2n) is 4.50. The van der Waals surface area contributed by atoms with Crippen LogP contribution in [0.5, 0.6) is 0 Å². The maximum absolute atomic E-state index is 10.7. The number of nitro groups is 1. The smallest absolute Gasteiger partial charge is 0.270 e. The number of hydrogen-bond acceptors (Lipinski definition) is 4. The molecule has 20 heavy (non-hydrogen) atoms. The molecule has 0 atom stereocenters. The average molecular weight is 340 g/mol. The first-order chi connectivity index (χ1) is 9.43. The van der Waals surface area contributed by atoms with E-state index in [1.165, 1.54) is 12.1 Å². The maximum Gasteiger partial charge on any atom is 0.270 e. The summed E-state index contributed by atoms with van der Waals surface area (Å²) in [5.74, 6) is 0. The summed E-state index contributed by atoms with van der Waals surface area (Å²) in [5.41, 5.74) is 3.46. The van der Waals surface area contributed by atoms with E-state index in [-0.39, 0.29) is 12.3 Å². The van der Waals surface area contributed by atoms with Crippen molar-refractivity contribution in [2.75, 3.05) is 0 Å². The summed E-state index contributed by atoms with van der Waals surface area (Å²) in [5, 5.41) is 24.4. The fraction of sp³-hybridized carbons (Fsp3) is 0.308. The van der Waals surface area contributed by atoms with Gasteiger partial charge in [0.05, 0.1) is 23.8 Å². The van der Waals surface area contributed by atoms with Crippen LogP contribution >= 0.6 is 15.9 Å². The number of nitrogens with zero attached hydrogens (tertiary/aromatic N) is 3. The van der Waals surface area contributed by atoms with Crippen LogP contribution in [-0.2, 0) is 13.2 Å². The van der Waals surface area contributed by atoms with Crippen molar-refractivity contribution < 1.29 is 10.0 Å². The van der Waals surface area contributed by atoms with Gasteiger partial charge in [0.1, 0.15) is 0 Å². The van der Waals surface area contributed by atoms with E-state index >= 15 is 0 Å². The van der Waals surface area contributed by atoms with E-state index in [2.05, 4.69) is 21.0 Å². The summed E-state index contributed by atoms with van der Waals surface area (Å²) < 4.78 is 2.46. The highest BCUT2D eigenvalue weighted by Crippen LogP contribution is 2.24. The molecule has 0 spiro atoms. The summed E-state index contributed by atoms with van der Waals surface area (Å²) >= 11 is 3.34. The van der Waals surface area contributed by atoms with E-state index in [1.807, 2.05) is 13.8 Å². The lowest BCUT2D eigenvalue weighted by Gasteiger charge is -2.07. The van der Waals surface area contributed by atoms with Crippen molar-refractivity contribution in [3.8, 4) is 0 Å². The Morgan fingerprint density at radius 3 is 2.65 bits per heavy atom. The minimum absolute atomic E-state index is 0.0426. The van der Waals surface area contributed by atoms with Gasteiger partial charge < -0.3 is 5.11 Å². The van der Waals surface area contributed by atoms with Gasteiger partial charge in [0.25, 0.3) is 5.69 Å². The van der Waals surface area contributed by atoms with Gasteiger partial charge in [-0.15, -0.1) is 0 Å². The van der Waals surface area contributed by atoms with Crippen LogP contribution in [0.2, 0.25) is 0 Å². The minimum atomic E-state index is -0.429. The summed E-state index contributed by atoms with van der Waals surface area (Å²) in [6, 6.07) is 4.66. The molecule has 0 bridgehead atoms. The highest BCUT2D eigenvalue weighted by Gasteiger charge is 2.13. The summed E-state index contributed by atoms with van der Waals surface area (Å²) in [6.45, 7) is 4.19. The quantitative estimate of drug-likeness (QED) is 0.685. The number of non-ortho nitro benzene ring substituents is 1. The molecule has 2 rings (SSSR count). The number of nitro benzene ring substituents is 1. The molecule has 106 valence electrons. The fourth-order valence-electron chi connectivity index (χ4n) is 2.06. The molecule has 1 aromatic heterocycles. The number of rotatable bonds is 4. The van der Waals surface area contributed by atoms with Gasteiger partial charge in [-0.3, -0.25) is 14.8 Å². The molecule has 1 heterocycles. The van der Waals surface area contributed by atoms with Crippen LogP contribution < -0.4 is 0 Å². The number of aliphatic hydroxyl groups is 1. The largest absolute Gasteiger partial charge is 0.392 e. The lowest BCUT2D eigenvalue weighted by atomic mass is 10.2. The monoisotopic (exact) mass is 339 g/mol. The third kappa shape index (κ3) is 2.73. The first-order valence-electron chi connectivity index (χ1n) is 6.00. The first-order valence-corrected chi connectivity index (χ1v) is 6.80. The molecule has 6 nitrogen and oxygen atoms in total. The van der Waals surface area contributed by atoms with Crippen molar-refractivity contribution in [2.45, 2.75) is 27.0 Å². The van der Waals surface area contributed by atoms with Crippen LogP contribution in [0.15, 0.2) is 22.7 Å². The zero-order chi connectivity index (χ0) is 14.9. The second kappa shape index (κ2) is 5.72. The Bertz CT molecular complexity index is 667. The van der Waals surface area contributed by atoms with E-state index in [0.29, 0.717) is 11.0 Å². The molecular weight excluding hydrogens is 326 g/mol. The Morgan fingerprint density at radius 1 is 1.45 bits per heavy atom. The Labute approximate surface area is 124 Å². The van der Waals surface area contributed by atoms with E-state index < -0.39 is 4.92 Å². The van der Waals surface area contributed by atoms with Gasteiger partial charge in [-0.2, -0.15) is 5.10 Å². The number of aryl methyl sites for hydroxylation is 1. The molecule has 2 aromatic rings. The molecular formula is C13H14BrN3O3. The minimum Gasteiger partial charge on any atom is -0.392 e. The summed E-state index contributed by atoms with van der Waals surface area (Å²) in [7, 11) is 0. The number of aromatic nitrogens is 2. The number of halogens is 1. The number of aliphatic hydroxyl groups excluding tert-OH is 1. The lowest BCUT2D eigenvalue weighted by molar-refractivity contribution is -0.384. The van der Waals surface area contributed by atoms with Crippen molar-refractivity contribution in [2.24, 2.45) is 0 Å². The first kappa shape index (κ1) is 14.7. The van der Waals surface area contributed by atoms with Crippen LogP contribution in [0.1, 0.15) is 22.5 Å². The highest BCUT2D eigenvalue weighted by atomic mass is 79.9. The molecule has 0 aliphatic heterocycles. The normalized spacial score (nSPS) is 10.8. The fourth-order valence-corrected chi connectivity index (χ4v) is 2.55. The molecule has 0 radical (unpaired) electrons. The van der Waals surface area contributed by atoms with Crippen molar-refractivity contribution >= 4 is 21.6 Å². The predicted molar refractivity (Wildman–Crippen MR) is 77.5 cm³/mol. The molecule has 0 amide bonds. The Morgan fingerprint density at radius 2 is 2.15 bits per heavy atom. The summed E-state index contributed by atoms with van der Waals surface area (Å²) in [4.78, 5) is 10.3. The second-order valence-corrected chi connectivity index (χ2v) is 5.35. The van der Waals surface area contributed by atoms with Gasteiger partial charge in [0.15, 0.2) is 0 Å². The van der Waals surface area contributed by atoms with Gasteiger partial charge in [-0.1, -0.05) is 15.9 Å². The van der Waals surface area contributed by atoms with Crippen LogP contribution in [0.25, 0.3) is 0 Å². The Hall–Kier alpha value is -1.73. The van der Waals surface area contributed by atoms with Crippen LogP contribution in [0.4, 0.5) is 5.69 Å². The van der Waals surface area contributed by atoms with Gasteiger partial charge in [-0.25, -0.2) is 0 Å². The van der Waals surface area contributed by atoms with E-state index in [9.17, 15) is 15.2 Å². The third-order valence-corrected chi connectivity index (χ3v) is 4.00. The van der Waals surface area contributed by atoms with Gasteiger partial charge in [0.2, 0.25) is 0 Å². The van der Waals surface area contributed by atoms with Crippen LogP contribution in [0, 0.1) is 24.0 Å². The number of benzene rings is 1. The average Bonchev–Trinajstić information content (AvgIpc) is 2.66. The topological polar surface area (TPSA) is 81.2 Å². The van der Waals surface area contributed by atoms with Gasteiger partial charge in [0, 0.05) is 27.9 Å². The van der Waals surface area contributed by atoms with Gasteiger partial charge >= 0.3 is 0 Å². The molecule has 1 aromatic carbocycles. The van der Waals surface area contributed by atoms with E-state index in [1.54, 1.807) is 10.7 Å². The van der Waals surface area contributed by atoms with Gasteiger partial charge in [-0.05, 0) is 25.5 Å². The molecule has 7 heteroatoms. The zero-order valence-electron chi connectivity index (χ0n) is 11.1. The lowest BCUT2D eigenvalue weighted by Crippen LogP contribution is -2.05. The van der Waals surface area contributed by atoms with Crippen LogP contribution in [-0.4, -0.2) is 19.8 Å². The van der Waals surface area contributed by atoms with E-state index in [4.69, 9.17) is 0 Å². The highest BCUT2D eigenvalue weighted by molar-refractivity contribution is 9.10.